The maximum Gasteiger partial charge on any atom is 3.00 e. The minimum atomic E-state index is 0. The molecule has 0 spiro atoms. The SMILES string of the molecule is NCCCCc1ccccc1.[B+3].[F-].[F-].[F-]. The van der Waals surface area contributed by atoms with Gasteiger partial charge >= 0.3 is 8.41 Å². The number of unbranched alkanes of at least 4 members (excludes halogenated alkanes) is 1. The molecule has 5 heteroatoms. The first-order valence-electron chi connectivity index (χ1n) is 4.17. The number of halogens is 3. The van der Waals surface area contributed by atoms with Crippen molar-refractivity contribution in [2.24, 2.45) is 5.73 Å². The van der Waals surface area contributed by atoms with Crippen LogP contribution in [-0.2, 0) is 6.42 Å². The van der Waals surface area contributed by atoms with Crippen molar-refractivity contribution in [2.45, 2.75) is 19.3 Å². The Morgan fingerprint density at radius 1 is 0.867 bits per heavy atom. The fourth-order valence-electron chi connectivity index (χ4n) is 1.12. The normalized spacial score (nSPS) is 7.27. The summed E-state index contributed by atoms with van der Waals surface area (Å²) in [6.07, 6.45) is 3.51. The van der Waals surface area contributed by atoms with Crippen LogP contribution in [-0.4, -0.2) is 15.0 Å². The van der Waals surface area contributed by atoms with Crippen molar-refractivity contribution < 1.29 is 14.1 Å². The van der Waals surface area contributed by atoms with Gasteiger partial charge in [-0.3, -0.25) is 0 Å². The summed E-state index contributed by atoms with van der Waals surface area (Å²) in [7, 11) is 0. The van der Waals surface area contributed by atoms with Crippen LogP contribution >= 0.6 is 0 Å². The quantitative estimate of drug-likeness (QED) is 0.393. The molecule has 0 aromatic heterocycles. The number of hydrogen-bond donors (Lipinski definition) is 1. The molecule has 15 heavy (non-hydrogen) atoms. The Labute approximate surface area is 90.7 Å². The molecule has 0 aliphatic rings. The molecule has 0 atom stereocenters. The van der Waals surface area contributed by atoms with Gasteiger partial charge in [0.25, 0.3) is 0 Å². The molecule has 0 unspecified atom stereocenters. The second-order valence-electron chi connectivity index (χ2n) is 2.73. The molecule has 1 aromatic carbocycles. The molecule has 0 aliphatic heterocycles. The first kappa shape index (κ1) is 23.7. The number of hydrogen-bond acceptors (Lipinski definition) is 1. The minimum absolute atomic E-state index is 0. The summed E-state index contributed by atoms with van der Waals surface area (Å²) in [5, 5.41) is 0. The zero-order valence-electron chi connectivity index (χ0n) is 8.50. The summed E-state index contributed by atoms with van der Waals surface area (Å²) in [4.78, 5) is 0. The van der Waals surface area contributed by atoms with Crippen LogP contribution < -0.4 is 19.8 Å². The van der Waals surface area contributed by atoms with Crippen LogP contribution in [0.5, 0.6) is 0 Å². The maximum absolute atomic E-state index is 5.39. The van der Waals surface area contributed by atoms with Crippen molar-refractivity contribution in [1.82, 2.24) is 0 Å². The van der Waals surface area contributed by atoms with Crippen molar-refractivity contribution >= 4 is 8.41 Å². The molecule has 0 aliphatic carbocycles. The smallest absolute Gasteiger partial charge is 1.00 e. The summed E-state index contributed by atoms with van der Waals surface area (Å²) >= 11 is 0. The summed E-state index contributed by atoms with van der Waals surface area (Å²) in [5.74, 6) is 0. The van der Waals surface area contributed by atoms with Crippen LogP contribution in [0.25, 0.3) is 0 Å². The summed E-state index contributed by atoms with van der Waals surface area (Å²) < 4.78 is 0. The largest absolute Gasteiger partial charge is 3.00 e. The van der Waals surface area contributed by atoms with Gasteiger partial charge < -0.3 is 19.8 Å². The Bertz CT molecular complexity index is 197. The molecule has 0 bridgehead atoms. The van der Waals surface area contributed by atoms with Gasteiger partial charge in [0.1, 0.15) is 0 Å². The Morgan fingerprint density at radius 2 is 1.40 bits per heavy atom. The Balaban J connectivity index is -0.000000151. The molecule has 1 nitrogen and oxygen atoms in total. The minimum Gasteiger partial charge on any atom is -1.00 e. The van der Waals surface area contributed by atoms with E-state index in [4.69, 9.17) is 5.73 Å². The van der Waals surface area contributed by atoms with E-state index in [0.29, 0.717) is 0 Å². The molecule has 1 rings (SSSR count). The standard InChI is InChI=1S/C10H15N.B.3FH/c11-9-5-4-8-10-6-2-1-3-7-10;;;;/h1-3,6-7H,4-5,8-9,11H2;;3*1H/q;+3;;;/p-3. The van der Waals surface area contributed by atoms with Gasteiger partial charge in [0.2, 0.25) is 0 Å². The second-order valence-corrected chi connectivity index (χ2v) is 2.73. The van der Waals surface area contributed by atoms with E-state index >= 15 is 0 Å². The van der Waals surface area contributed by atoms with E-state index in [2.05, 4.69) is 24.3 Å². The van der Waals surface area contributed by atoms with Gasteiger partial charge in [0.15, 0.2) is 0 Å². The van der Waals surface area contributed by atoms with Gasteiger partial charge in [-0.25, -0.2) is 0 Å². The predicted molar refractivity (Wildman–Crippen MR) is 54.2 cm³/mol. The van der Waals surface area contributed by atoms with Crippen molar-refractivity contribution in [3.05, 3.63) is 35.9 Å². The molecule has 0 heterocycles. The molecular weight excluding hydrogens is 202 g/mol. The van der Waals surface area contributed by atoms with Crippen LogP contribution in [0.4, 0.5) is 0 Å². The van der Waals surface area contributed by atoms with E-state index in [0.717, 1.165) is 19.4 Å². The van der Waals surface area contributed by atoms with E-state index in [1.165, 1.54) is 12.0 Å². The van der Waals surface area contributed by atoms with Crippen LogP contribution in [0.15, 0.2) is 30.3 Å². The van der Waals surface area contributed by atoms with E-state index in [1.807, 2.05) is 6.07 Å². The van der Waals surface area contributed by atoms with Gasteiger partial charge in [-0.15, -0.1) is 0 Å². The van der Waals surface area contributed by atoms with Crippen molar-refractivity contribution in [1.29, 1.82) is 0 Å². The summed E-state index contributed by atoms with van der Waals surface area (Å²) in [6.45, 7) is 0.812. The van der Waals surface area contributed by atoms with Crippen LogP contribution in [0.1, 0.15) is 18.4 Å². The molecule has 2 N–H and O–H groups in total. The molecule has 84 valence electrons. The number of benzene rings is 1. The molecule has 1 aromatic rings. The zero-order chi connectivity index (χ0) is 7.94. The molecule has 0 fully saturated rings. The average molecular weight is 217 g/mol. The first-order valence-corrected chi connectivity index (χ1v) is 4.17. The Morgan fingerprint density at radius 3 is 1.87 bits per heavy atom. The Hall–Kier alpha value is -0.965. The first-order chi connectivity index (χ1) is 5.43. The van der Waals surface area contributed by atoms with Crippen LogP contribution in [0, 0.1) is 0 Å². The molecular formula is C10H15BF3N. The predicted octanol–water partition coefficient (Wildman–Crippen LogP) is -7.40. The molecule has 0 radical (unpaired) electrons. The summed E-state index contributed by atoms with van der Waals surface area (Å²) in [6, 6.07) is 10.5. The van der Waals surface area contributed by atoms with Crippen LogP contribution in [0.2, 0.25) is 0 Å². The monoisotopic (exact) mass is 217 g/mol. The molecule has 0 amide bonds. The van der Waals surface area contributed by atoms with E-state index in [9.17, 15) is 0 Å². The third-order valence-electron chi connectivity index (χ3n) is 1.76. The van der Waals surface area contributed by atoms with Gasteiger partial charge in [0, 0.05) is 0 Å². The fraction of sp³-hybridized carbons (Fsp3) is 0.400. The maximum atomic E-state index is 5.39. The number of aryl methyl sites for hydroxylation is 1. The fourth-order valence-corrected chi connectivity index (χ4v) is 1.12. The number of rotatable bonds is 4. The van der Waals surface area contributed by atoms with Gasteiger partial charge in [-0.05, 0) is 31.4 Å². The van der Waals surface area contributed by atoms with Crippen LogP contribution in [0.3, 0.4) is 0 Å². The van der Waals surface area contributed by atoms with E-state index in [-0.39, 0.29) is 22.5 Å². The van der Waals surface area contributed by atoms with E-state index in [1.54, 1.807) is 0 Å². The second kappa shape index (κ2) is 15.5. The van der Waals surface area contributed by atoms with Crippen molar-refractivity contribution in [2.75, 3.05) is 6.54 Å². The molecule has 0 saturated heterocycles. The average Bonchev–Trinajstić information content (AvgIpc) is 2.07. The zero-order valence-corrected chi connectivity index (χ0v) is 8.50. The third-order valence-corrected chi connectivity index (χ3v) is 1.76. The van der Waals surface area contributed by atoms with Gasteiger partial charge in [0.05, 0.1) is 0 Å². The Kier molecular flexibility index (Phi) is 24.5. The van der Waals surface area contributed by atoms with Crippen molar-refractivity contribution in [3.8, 4) is 0 Å². The molecule has 0 saturated carbocycles. The number of nitrogens with two attached hydrogens (primary N) is 1. The van der Waals surface area contributed by atoms with Gasteiger partial charge in [-0.2, -0.15) is 0 Å². The van der Waals surface area contributed by atoms with Gasteiger partial charge in [-0.1, -0.05) is 30.3 Å². The summed E-state index contributed by atoms with van der Waals surface area (Å²) in [5.41, 5.74) is 6.81. The third kappa shape index (κ3) is 11.0. The van der Waals surface area contributed by atoms with E-state index < -0.39 is 0 Å². The topological polar surface area (TPSA) is 26.0 Å². The van der Waals surface area contributed by atoms with Crippen molar-refractivity contribution in [3.63, 3.8) is 0 Å².